The Morgan fingerprint density at radius 1 is 1.19 bits per heavy atom. The van der Waals surface area contributed by atoms with E-state index in [-0.39, 0.29) is 41.6 Å². The second kappa shape index (κ2) is 10.9. The van der Waals surface area contributed by atoms with Crippen LogP contribution in [0, 0.1) is 5.92 Å². The van der Waals surface area contributed by atoms with E-state index in [4.69, 9.17) is 9.31 Å². The van der Waals surface area contributed by atoms with Gasteiger partial charge in [-0.25, -0.2) is 4.98 Å². The highest BCUT2D eigenvalue weighted by molar-refractivity contribution is 6.70. The molecule has 0 radical (unpaired) electrons. The molecular weight excluding hydrogens is 459 g/mol. The summed E-state index contributed by atoms with van der Waals surface area (Å²) in [5, 5.41) is 2.87. The summed E-state index contributed by atoms with van der Waals surface area (Å²) >= 11 is 0. The van der Waals surface area contributed by atoms with Crippen molar-refractivity contribution in [3.8, 4) is 0 Å². The first-order chi connectivity index (χ1) is 17.2. The zero-order valence-corrected chi connectivity index (χ0v) is 21.3. The average molecular weight is 493 g/mol. The van der Waals surface area contributed by atoms with Crippen molar-refractivity contribution < 1.29 is 23.7 Å². The summed E-state index contributed by atoms with van der Waals surface area (Å²) in [6.45, 7) is 6.30. The van der Waals surface area contributed by atoms with Gasteiger partial charge in [-0.2, -0.15) is 0 Å². The Labute approximate surface area is 212 Å². The number of fused-ring (bicyclic) bond motifs is 1. The fraction of sp³-hybridized carbons (Fsp3) is 0.500. The second-order valence-corrected chi connectivity index (χ2v) is 10.3. The molecule has 36 heavy (non-hydrogen) atoms. The fourth-order valence-corrected chi connectivity index (χ4v) is 5.61. The smallest absolute Gasteiger partial charge is 0.378 e. The predicted molar refractivity (Wildman–Crippen MR) is 135 cm³/mol. The van der Waals surface area contributed by atoms with E-state index in [2.05, 4.69) is 29.1 Å². The minimum atomic E-state index is -2.12. The summed E-state index contributed by atoms with van der Waals surface area (Å²) in [5.74, 6) is -1.01. The third-order valence-corrected chi connectivity index (χ3v) is 7.18. The van der Waals surface area contributed by atoms with Crippen LogP contribution in [-0.4, -0.2) is 63.9 Å². The van der Waals surface area contributed by atoms with Crippen LogP contribution in [0.15, 0.2) is 48.9 Å². The van der Waals surface area contributed by atoms with Crippen molar-refractivity contribution in [2.75, 3.05) is 6.61 Å². The Morgan fingerprint density at radius 3 is 2.61 bits per heavy atom. The van der Waals surface area contributed by atoms with E-state index in [9.17, 15) is 14.4 Å². The first-order valence-corrected chi connectivity index (χ1v) is 12.6. The molecule has 1 aromatic heterocycles. The molecule has 1 N–H and O–H groups in total. The Bertz CT molecular complexity index is 1090. The third kappa shape index (κ3) is 5.34. The van der Waals surface area contributed by atoms with Crippen LogP contribution in [0.1, 0.15) is 56.6 Å². The number of Topliss-reactive ketones (excluding diaryl/α,β-unsaturated/α-hetero) is 1. The number of amides is 1. The number of ketones is 1. The van der Waals surface area contributed by atoms with Crippen LogP contribution < -0.4 is 5.32 Å². The number of carbonyl (C=O) groups is 3. The van der Waals surface area contributed by atoms with E-state index >= 15 is 0 Å². The maximum atomic E-state index is 13.8. The van der Waals surface area contributed by atoms with Crippen molar-refractivity contribution in [2.45, 2.75) is 70.9 Å². The molecule has 1 amide bonds. The lowest BCUT2D eigenvalue weighted by Gasteiger charge is -2.45. The molecular formula is C26H34BN4O5-. The van der Waals surface area contributed by atoms with Crippen molar-refractivity contribution in [1.82, 2.24) is 20.1 Å². The number of benzene rings is 1. The van der Waals surface area contributed by atoms with E-state index in [0.717, 1.165) is 5.56 Å². The maximum Gasteiger partial charge on any atom is 0.378 e. The first kappa shape index (κ1) is 26.0. The fourth-order valence-electron chi connectivity index (χ4n) is 5.61. The summed E-state index contributed by atoms with van der Waals surface area (Å²) in [4.78, 5) is 49.4. The highest BCUT2D eigenvalue weighted by Crippen LogP contribution is 2.45. The number of hydrogen-bond acceptors (Lipinski definition) is 8. The lowest BCUT2D eigenvalue weighted by atomic mass is 9.53. The SMILES string of the molecule is CC(C)C[C@H](CC(=O)[C@H](Cc1ccccc1)NC(=O)c1cnccn1)[B-]12OC[C@H](C)N1[C@H](C)C(=O)O2. The number of nitrogens with zero attached hydrogens (tertiary/aromatic N) is 3. The Balaban J connectivity index is 1.60. The lowest BCUT2D eigenvalue weighted by Crippen LogP contribution is -2.56. The second-order valence-electron chi connectivity index (χ2n) is 10.3. The Hall–Kier alpha value is -3.11. The summed E-state index contributed by atoms with van der Waals surface area (Å²) < 4.78 is 12.2. The summed E-state index contributed by atoms with van der Waals surface area (Å²) in [6, 6.07) is 8.34. The minimum Gasteiger partial charge on any atom is -0.652 e. The van der Waals surface area contributed by atoms with E-state index in [0.29, 0.717) is 19.4 Å². The van der Waals surface area contributed by atoms with Crippen molar-refractivity contribution in [1.29, 1.82) is 0 Å². The molecule has 10 heteroatoms. The number of hydrogen-bond donors (Lipinski definition) is 1. The molecule has 2 fully saturated rings. The highest BCUT2D eigenvalue weighted by atomic mass is 16.7. The van der Waals surface area contributed by atoms with Crippen molar-refractivity contribution in [3.05, 3.63) is 60.2 Å². The van der Waals surface area contributed by atoms with Crippen LogP contribution in [0.4, 0.5) is 0 Å². The Kier molecular flexibility index (Phi) is 7.85. The van der Waals surface area contributed by atoms with Gasteiger partial charge in [0.1, 0.15) is 5.69 Å². The number of carbonyl (C=O) groups excluding carboxylic acids is 3. The summed E-state index contributed by atoms with van der Waals surface area (Å²) in [6.07, 6.45) is 5.38. The first-order valence-electron chi connectivity index (χ1n) is 12.6. The van der Waals surface area contributed by atoms with Gasteiger partial charge in [0.05, 0.1) is 18.3 Å². The normalized spacial score (nSPS) is 25.3. The molecule has 1 unspecified atom stereocenters. The molecule has 2 aromatic rings. The molecule has 0 spiro atoms. The zero-order valence-electron chi connectivity index (χ0n) is 21.3. The van der Waals surface area contributed by atoms with Crippen LogP contribution in [0.3, 0.4) is 0 Å². The third-order valence-electron chi connectivity index (χ3n) is 7.18. The zero-order chi connectivity index (χ0) is 25.9. The molecule has 9 nitrogen and oxygen atoms in total. The van der Waals surface area contributed by atoms with Gasteiger partial charge in [-0.15, -0.1) is 0 Å². The number of rotatable bonds is 10. The molecule has 0 aliphatic carbocycles. The molecule has 3 heterocycles. The van der Waals surface area contributed by atoms with Gasteiger partial charge in [0.2, 0.25) is 0 Å². The van der Waals surface area contributed by atoms with E-state index in [1.54, 1.807) is 0 Å². The van der Waals surface area contributed by atoms with Crippen LogP contribution in [-0.2, 0) is 25.3 Å². The van der Waals surface area contributed by atoms with Gasteiger partial charge in [0.15, 0.2) is 5.78 Å². The number of aromatic nitrogens is 2. The molecule has 2 saturated heterocycles. The summed E-state index contributed by atoms with van der Waals surface area (Å²) in [5.41, 5.74) is 1.07. The van der Waals surface area contributed by atoms with Crippen molar-refractivity contribution in [2.24, 2.45) is 5.92 Å². The molecule has 5 atom stereocenters. The summed E-state index contributed by atoms with van der Waals surface area (Å²) in [7, 11) is 0. The molecule has 0 bridgehead atoms. The van der Waals surface area contributed by atoms with Gasteiger partial charge in [-0.3, -0.25) is 19.4 Å². The molecule has 1 aromatic carbocycles. The van der Waals surface area contributed by atoms with Crippen molar-refractivity contribution >= 4 is 24.3 Å². The van der Waals surface area contributed by atoms with E-state index in [1.807, 2.05) is 49.0 Å². The van der Waals surface area contributed by atoms with Crippen LogP contribution in [0.25, 0.3) is 0 Å². The van der Waals surface area contributed by atoms with E-state index < -0.39 is 24.7 Å². The molecule has 192 valence electrons. The van der Waals surface area contributed by atoms with Gasteiger partial charge in [-0.1, -0.05) is 63.3 Å². The molecule has 2 aliphatic heterocycles. The quantitative estimate of drug-likeness (QED) is 0.503. The molecule has 4 rings (SSSR count). The average Bonchev–Trinajstić information content (AvgIpc) is 3.33. The topological polar surface area (TPSA) is 111 Å². The maximum absolute atomic E-state index is 13.8. The van der Waals surface area contributed by atoms with Gasteiger partial charge in [-0.05, 0) is 37.3 Å². The van der Waals surface area contributed by atoms with Crippen LogP contribution >= 0.6 is 0 Å². The van der Waals surface area contributed by atoms with Gasteiger partial charge in [0, 0.05) is 19.0 Å². The molecule has 2 aliphatic rings. The largest absolute Gasteiger partial charge is 0.652 e. The van der Waals surface area contributed by atoms with Gasteiger partial charge in [0.25, 0.3) is 11.9 Å². The lowest BCUT2D eigenvalue weighted by molar-refractivity contribution is -0.136. The highest BCUT2D eigenvalue weighted by Gasteiger charge is 2.58. The van der Waals surface area contributed by atoms with Crippen molar-refractivity contribution in [3.63, 3.8) is 0 Å². The van der Waals surface area contributed by atoms with Crippen LogP contribution in [0.2, 0.25) is 5.82 Å². The van der Waals surface area contributed by atoms with Crippen LogP contribution in [0.5, 0.6) is 0 Å². The Morgan fingerprint density at radius 2 is 1.94 bits per heavy atom. The number of nitrogens with one attached hydrogen (secondary N) is 1. The molecule has 0 saturated carbocycles. The van der Waals surface area contributed by atoms with E-state index in [1.165, 1.54) is 18.6 Å². The standard InChI is InChI=1S/C26H34BN4O5/c1-17(2)12-21(27-31(18(3)16-35-27)19(4)26(34)36-27)14-24(32)22(13-20-8-6-5-7-9-20)30-25(33)23-15-28-10-11-29-23/h5-11,15,17-19,21-22H,12-14,16H2,1-4H3,(H,30,33)/q-1/t18-,19+,21+,22-,27?/m0/s1. The monoisotopic (exact) mass is 493 g/mol. The predicted octanol–water partition coefficient (Wildman–Crippen LogP) is 2.80. The minimum absolute atomic E-state index is 0.00712. The van der Waals surface area contributed by atoms with Gasteiger partial charge < -0.3 is 19.4 Å². The van der Waals surface area contributed by atoms with Gasteiger partial charge >= 0.3 is 6.69 Å².